The van der Waals surface area contributed by atoms with Crippen molar-refractivity contribution in [2.45, 2.75) is 52.6 Å². The van der Waals surface area contributed by atoms with Gasteiger partial charge in [-0.25, -0.2) is 4.98 Å². The number of alkyl halides is 2. The first-order valence-electron chi connectivity index (χ1n) is 8.24. The first kappa shape index (κ1) is 21.1. The highest BCUT2D eigenvalue weighted by atomic mass is 127. The predicted octanol–water partition coefficient (Wildman–Crippen LogP) is 3.87. The highest BCUT2D eigenvalue weighted by Gasteiger charge is 2.31. The number of likely N-dealkylation sites (tertiary alicyclic amines) is 1. The Kier molecular flexibility index (Phi) is 8.38. The molecule has 0 aromatic carbocycles. The molecule has 1 aliphatic rings. The number of rotatable bonds is 5. The van der Waals surface area contributed by atoms with Crippen LogP contribution in [0.5, 0.6) is 0 Å². The first-order chi connectivity index (χ1) is 11.0. The van der Waals surface area contributed by atoms with Crippen molar-refractivity contribution in [2.75, 3.05) is 20.1 Å². The lowest BCUT2D eigenvalue weighted by molar-refractivity contribution is 0.0667. The Morgan fingerprint density at radius 3 is 2.88 bits per heavy atom. The van der Waals surface area contributed by atoms with Gasteiger partial charge >= 0.3 is 6.55 Å². The van der Waals surface area contributed by atoms with E-state index in [0.29, 0.717) is 11.2 Å². The van der Waals surface area contributed by atoms with Gasteiger partial charge in [-0.05, 0) is 24.7 Å². The molecular weight excluding hydrogens is 427 g/mol. The third-order valence-corrected chi connectivity index (χ3v) is 4.51. The number of aliphatic imine (C=N–C) groups is 1. The van der Waals surface area contributed by atoms with E-state index in [9.17, 15) is 8.78 Å². The molecular formula is C16H28F2IN5. The van der Waals surface area contributed by atoms with Gasteiger partial charge in [0.05, 0.1) is 6.54 Å². The van der Waals surface area contributed by atoms with Crippen LogP contribution < -0.4 is 5.32 Å². The number of hydrogen-bond donors (Lipinski definition) is 1. The van der Waals surface area contributed by atoms with Crippen LogP contribution in [-0.2, 0) is 6.54 Å². The minimum Gasteiger partial charge on any atom is -0.349 e. The number of nitrogens with zero attached hydrogens (tertiary/aromatic N) is 4. The fourth-order valence-electron chi connectivity index (χ4n) is 3.45. The van der Waals surface area contributed by atoms with Crippen LogP contribution in [0.3, 0.4) is 0 Å². The van der Waals surface area contributed by atoms with E-state index in [1.54, 1.807) is 7.05 Å². The second-order valence-electron chi connectivity index (χ2n) is 6.51. The lowest BCUT2D eigenvalue weighted by atomic mass is 9.78. The fourth-order valence-corrected chi connectivity index (χ4v) is 3.45. The van der Waals surface area contributed by atoms with E-state index in [1.165, 1.54) is 31.7 Å². The molecule has 2 heterocycles. The zero-order valence-electron chi connectivity index (χ0n) is 14.6. The van der Waals surface area contributed by atoms with Crippen molar-refractivity contribution >= 4 is 29.9 Å². The van der Waals surface area contributed by atoms with Crippen LogP contribution in [0.1, 0.15) is 51.9 Å². The zero-order chi connectivity index (χ0) is 16.9. The van der Waals surface area contributed by atoms with Crippen LogP contribution in [0.4, 0.5) is 8.78 Å². The van der Waals surface area contributed by atoms with E-state index >= 15 is 0 Å². The van der Waals surface area contributed by atoms with Crippen molar-refractivity contribution in [3.63, 3.8) is 0 Å². The Hall–Kier alpha value is -0.930. The number of guanidine groups is 1. The van der Waals surface area contributed by atoms with Crippen molar-refractivity contribution in [3.05, 3.63) is 18.2 Å². The summed E-state index contributed by atoms with van der Waals surface area (Å²) in [6.45, 7) is 4.09. The molecule has 2 rings (SSSR count). The third-order valence-electron chi connectivity index (χ3n) is 4.51. The Morgan fingerprint density at radius 2 is 2.25 bits per heavy atom. The average Bonchev–Trinajstić information content (AvgIpc) is 2.96. The maximum absolute atomic E-state index is 12.9. The quantitative estimate of drug-likeness (QED) is 0.417. The van der Waals surface area contributed by atoms with Crippen LogP contribution in [0.2, 0.25) is 0 Å². The van der Waals surface area contributed by atoms with Crippen LogP contribution >= 0.6 is 24.0 Å². The molecule has 5 nitrogen and oxygen atoms in total. The summed E-state index contributed by atoms with van der Waals surface area (Å²) < 4.78 is 26.6. The van der Waals surface area contributed by atoms with E-state index in [-0.39, 0.29) is 30.5 Å². The van der Waals surface area contributed by atoms with Gasteiger partial charge in [0.15, 0.2) is 5.96 Å². The molecule has 0 bridgehead atoms. The van der Waals surface area contributed by atoms with E-state index < -0.39 is 6.55 Å². The topological polar surface area (TPSA) is 45.4 Å². The Bertz CT molecular complexity index is 530. The molecule has 1 aromatic heterocycles. The summed E-state index contributed by atoms with van der Waals surface area (Å²) in [6, 6.07) is 0. The van der Waals surface area contributed by atoms with Gasteiger partial charge in [-0.3, -0.25) is 9.56 Å². The minimum atomic E-state index is -2.57. The van der Waals surface area contributed by atoms with Crippen molar-refractivity contribution < 1.29 is 8.78 Å². The maximum atomic E-state index is 12.9. The van der Waals surface area contributed by atoms with E-state index in [2.05, 4.69) is 34.0 Å². The molecule has 1 N–H and O–H groups in total. The van der Waals surface area contributed by atoms with E-state index in [0.717, 1.165) is 30.0 Å². The number of piperidine rings is 1. The minimum absolute atomic E-state index is 0. The fraction of sp³-hybridized carbons (Fsp3) is 0.750. The molecule has 1 saturated heterocycles. The largest absolute Gasteiger partial charge is 0.349 e. The van der Waals surface area contributed by atoms with Gasteiger partial charge < -0.3 is 10.2 Å². The number of halogens is 3. The van der Waals surface area contributed by atoms with Crippen molar-refractivity contribution in [1.29, 1.82) is 0 Å². The highest BCUT2D eigenvalue weighted by Crippen LogP contribution is 2.33. The van der Waals surface area contributed by atoms with Crippen LogP contribution in [-0.4, -0.2) is 40.5 Å². The summed E-state index contributed by atoms with van der Waals surface area (Å²) in [4.78, 5) is 10.5. The van der Waals surface area contributed by atoms with Crippen LogP contribution in [0, 0.1) is 5.41 Å². The van der Waals surface area contributed by atoms with Gasteiger partial charge in [0, 0.05) is 32.5 Å². The SMILES string of the molecule is CCCC1(C)CCCN(C(=NC)NCc2nccn2C(F)F)C1.I. The maximum Gasteiger partial charge on any atom is 0.319 e. The lowest BCUT2D eigenvalue weighted by Crippen LogP contribution is -2.49. The molecule has 24 heavy (non-hydrogen) atoms. The van der Waals surface area contributed by atoms with Gasteiger partial charge in [-0.15, -0.1) is 24.0 Å². The smallest absolute Gasteiger partial charge is 0.319 e. The molecule has 0 spiro atoms. The summed E-state index contributed by atoms with van der Waals surface area (Å²) in [5.74, 6) is 1.07. The first-order valence-corrected chi connectivity index (χ1v) is 8.24. The van der Waals surface area contributed by atoms with Gasteiger partial charge in [0.1, 0.15) is 5.82 Å². The van der Waals surface area contributed by atoms with Gasteiger partial charge in [-0.2, -0.15) is 8.78 Å². The number of nitrogens with one attached hydrogen (secondary N) is 1. The van der Waals surface area contributed by atoms with Crippen molar-refractivity contribution in [3.8, 4) is 0 Å². The molecule has 0 radical (unpaired) electrons. The molecule has 138 valence electrons. The molecule has 8 heteroatoms. The Balaban J connectivity index is 0.00000288. The van der Waals surface area contributed by atoms with Gasteiger partial charge in [-0.1, -0.05) is 20.3 Å². The second-order valence-corrected chi connectivity index (χ2v) is 6.51. The van der Waals surface area contributed by atoms with Crippen LogP contribution in [0.25, 0.3) is 0 Å². The summed E-state index contributed by atoms with van der Waals surface area (Å²) in [7, 11) is 1.73. The molecule has 1 fully saturated rings. The summed E-state index contributed by atoms with van der Waals surface area (Å²) >= 11 is 0. The van der Waals surface area contributed by atoms with E-state index in [4.69, 9.17) is 0 Å². The second kappa shape index (κ2) is 9.53. The normalized spacial score (nSPS) is 21.8. The number of hydrogen-bond acceptors (Lipinski definition) is 2. The number of aromatic nitrogens is 2. The van der Waals surface area contributed by atoms with Gasteiger partial charge in [0.2, 0.25) is 0 Å². The molecule has 0 saturated carbocycles. The monoisotopic (exact) mass is 455 g/mol. The van der Waals surface area contributed by atoms with E-state index in [1.807, 2.05) is 0 Å². The molecule has 1 unspecified atom stereocenters. The molecule has 0 aliphatic carbocycles. The Labute approximate surface area is 159 Å². The summed E-state index contributed by atoms with van der Waals surface area (Å²) in [5.41, 5.74) is 0.298. The van der Waals surface area contributed by atoms with Gasteiger partial charge in [0.25, 0.3) is 0 Å². The van der Waals surface area contributed by atoms with Crippen molar-refractivity contribution in [1.82, 2.24) is 19.8 Å². The highest BCUT2D eigenvalue weighted by molar-refractivity contribution is 14.0. The average molecular weight is 455 g/mol. The predicted molar refractivity (Wildman–Crippen MR) is 103 cm³/mol. The standard InChI is InChI=1S/C16H27F2N5.HI/c1-4-6-16(2)7-5-9-22(12-16)15(19-3)21-11-13-20-8-10-23(13)14(17)18;/h8,10,14H,4-7,9,11-12H2,1-3H3,(H,19,21);1H. The summed E-state index contributed by atoms with van der Waals surface area (Å²) in [5, 5.41) is 3.18. The lowest BCUT2D eigenvalue weighted by Gasteiger charge is -2.42. The zero-order valence-corrected chi connectivity index (χ0v) is 17.0. The number of imidazole rings is 1. The van der Waals surface area contributed by atoms with Crippen LogP contribution in [0.15, 0.2) is 17.4 Å². The molecule has 1 aromatic rings. The summed E-state index contributed by atoms with van der Waals surface area (Å²) in [6.07, 6.45) is 7.40. The molecule has 1 aliphatic heterocycles. The molecule has 0 amide bonds. The molecule has 1 atom stereocenters. The Morgan fingerprint density at radius 1 is 1.50 bits per heavy atom. The van der Waals surface area contributed by atoms with Crippen molar-refractivity contribution in [2.24, 2.45) is 10.4 Å². The third kappa shape index (κ3) is 5.29.